The molecular formula is C23H28N2O4. The highest BCUT2D eigenvalue weighted by atomic mass is 16.5. The van der Waals surface area contributed by atoms with E-state index in [2.05, 4.69) is 10.6 Å². The standard InChI is InChI=1S/C23H28N2O4/c1-17(2)13-20(15-26)24-22(27)21(14-18-9-5-3-6-10-18)25-23(28)29-16-19-11-7-4-8-12-19/h3-12,15,17,20-21H,13-14,16H2,1-2H3,(H,24,27)(H,25,28)/t20-,21-/m0/s1. The molecule has 0 unspecified atom stereocenters. The first-order chi connectivity index (χ1) is 14.0. The summed E-state index contributed by atoms with van der Waals surface area (Å²) < 4.78 is 5.24. The van der Waals surface area contributed by atoms with Crippen LogP contribution in [0.5, 0.6) is 0 Å². The highest BCUT2D eigenvalue weighted by Crippen LogP contribution is 2.07. The molecule has 2 aromatic rings. The van der Waals surface area contributed by atoms with E-state index in [0.717, 1.165) is 17.4 Å². The summed E-state index contributed by atoms with van der Waals surface area (Å²) in [6, 6.07) is 17.2. The Morgan fingerprint density at radius 3 is 2.07 bits per heavy atom. The van der Waals surface area contributed by atoms with Gasteiger partial charge in [-0.1, -0.05) is 74.5 Å². The molecule has 0 aromatic heterocycles. The predicted octanol–water partition coefficient (Wildman–Crippen LogP) is 3.25. The summed E-state index contributed by atoms with van der Waals surface area (Å²) in [5.74, 6) is -0.162. The lowest BCUT2D eigenvalue weighted by atomic mass is 10.0. The van der Waals surface area contributed by atoms with Gasteiger partial charge in [0.05, 0.1) is 6.04 Å². The third-order valence-electron chi connectivity index (χ3n) is 4.32. The van der Waals surface area contributed by atoms with Crippen molar-refractivity contribution in [1.82, 2.24) is 10.6 Å². The van der Waals surface area contributed by atoms with Crippen LogP contribution in [0.15, 0.2) is 60.7 Å². The lowest BCUT2D eigenvalue weighted by molar-refractivity contribution is -0.125. The first kappa shape index (κ1) is 22.1. The largest absolute Gasteiger partial charge is 0.445 e. The number of alkyl carbamates (subject to hydrolysis) is 1. The fraction of sp³-hybridized carbons (Fsp3) is 0.348. The van der Waals surface area contributed by atoms with Crippen LogP contribution in [0.25, 0.3) is 0 Å². The van der Waals surface area contributed by atoms with Crippen LogP contribution in [-0.4, -0.2) is 30.4 Å². The summed E-state index contributed by atoms with van der Waals surface area (Å²) >= 11 is 0. The number of amides is 2. The van der Waals surface area contributed by atoms with Crippen LogP contribution in [0.1, 0.15) is 31.4 Å². The van der Waals surface area contributed by atoms with Crippen LogP contribution in [-0.2, 0) is 27.4 Å². The third kappa shape index (κ3) is 8.17. The molecule has 0 fully saturated rings. The molecule has 2 N–H and O–H groups in total. The second-order valence-corrected chi connectivity index (χ2v) is 7.33. The molecule has 0 saturated carbocycles. The first-order valence-electron chi connectivity index (χ1n) is 9.74. The van der Waals surface area contributed by atoms with Crippen LogP contribution in [0.3, 0.4) is 0 Å². The Balaban J connectivity index is 2.02. The number of hydrogen-bond donors (Lipinski definition) is 2. The van der Waals surface area contributed by atoms with Gasteiger partial charge in [-0.3, -0.25) is 4.79 Å². The number of nitrogens with one attached hydrogen (secondary N) is 2. The molecule has 0 aliphatic carbocycles. The van der Waals surface area contributed by atoms with Gasteiger partial charge in [0.25, 0.3) is 0 Å². The molecule has 29 heavy (non-hydrogen) atoms. The van der Waals surface area contributed by atoms with Crippen molar-refractivity contribution in [2.45, 2.75) is 45.4 Å². The van der Waals surface area contributed by atoms with Gasteiger partial charge >= 0.3 is 6.09 Å². The van der Waals surface area contributed by atoms with Crippen molar-refractivity contribution < 1.29 is 19.1 Å². The highest BCUT2D eigenvalue weighted by molar-refractivity contribution is 5.87. The Morgan fingerprint density at radius 2 is 1.52 bits per heavy atom. The van der Waals surface area contributed by atoms with Gasteiger partial charge in [-0.05, 0) is 23.5 Å². The summed E-state index contributed by atoms with van der Waals surface area (Å²) in [6.45, 7) is 4.06. The molecular weight excluding hydrogens is 368 g/mol. The number of carbonyl (C=O) groups is 3. The minimum atomic E-state index is -0.852. The molecule has 2 aromatic carbocycles. The smallest absolute Gasteiger partial charge is 0.408 e. The predicted molar refractivity (Wildman–Crippen MR) is 111 cm³/mol. The van der Waals surface area contributed by atoms with Crippen LogP contribution in [0.4, 0.5) is 4.79 Å². The molecule has 0 aliphatic heterocycles. The number of benzene rings is 2. The lowest BCUT2D eigenvalue weighted by Gasteiger charge is -2.21. The van der Waals surface area contributed by atoms with Crippen molar-refractivity contribution in [3.05, 3.63) is 71.8 Å². The third-order valence-corrected chi connectivity index (χ3v) is 4.32. The van der Waals surface area contributed by atoms with E-state index < -0.39 is 24.1 Å². The summed E-state index contributed by atoms with van der Waals surface area (Å²) in [6.07, 6.45) is 0.869. The van der Waals surface area contributed by atoms with Crippen molar-refractivity contribution in [1.29, 1.82) is 0 Å². The van der Waals surface area contributed by atoms with E-state index in [1.807, 2.05) is 74.5 Å². The fourth-order valence-electron chi connectivity index (χ4n) is 2.91. The van der Waals surface area contributed by atoms with Crippen LogP contribution >= 0.6 is 0 Å². The van der Waals surface area contributed by atoms with Gasteiger partial charge in [0.2, 0.25) is 5.91 Å². The molecule has 2 rings (SSSR count). The zero-order valence-corrected chi connectivity index (χ0v) is 16.8. The number of hydrogen-bond acceptors (Lipinski definition) is 4. The van der Waals surface area contributed by atoms with Gasteiger partial charge in [-0.15, -0.1) is 0 Å². The molecule has 0 aliphatic rings. The van der Waals surface area contributed by atoms with E-state index in [4.69, 9.17) is 4.74 Å². The van der Waals surface area contributed by atoms with E-state index in [-0.39, 0.29) is 12.5 Å². The number of rotatable bonds is 10. The topological polar surface area (TPSA) is 84.5 Å². The summed E-state index contributed by atoms with van der Waals surface area (Å²) in [5, 5.41) is 5.35. The maximum atomic E-state index is 12.8. The Labute approximate surface area is 171 Å². The molecule has 6 heteroatoms. The van der Waals surface area contributed by atoms with Gasteiger partial charge in [0.1, 0.15) is 18.9 Å². The molecule has 0 bridgehead atoms. The summed E-state index contributed by atoms with van der Waals surface area (Å²) in [4.78, 5) is 36.4. The second kappa shape index (κ2) is 11.6. The molecule has 2 amide bonds. The first-order valence-corrected chi connectivity index (χ1v) is 9.74. The van der Waals surface area contributed by atoms with Crippen molar-refractivity contribution in [3.8, 4) is 0 Å². The van der Waals surface area contributed by atoms with Crippen molar-refractivity contribution >= 4 is 18.3 Å². The van der Waals surface area contributed by atoms with Gasteiger partial charge in [0, 0.05) is 6.42 Å². The lowest BCUT2D eigenvalue weighted by Crippen LogP contribution is -2.51. The van der Waals surface area contributed by atoms with E-state index in [9.17, 15) is 14.4 Å². The molecule has 0 radical (unpaired) electrons. The average molecular weight is 396 g/mol. The Kier molecular flexibility index (Phi) is 8.89. The van der Waals surface area contributed by atoms with Crippen molar-refractivity contribution in [2.24, 2.45) is 5.92 Å². The number of carbonyl (C=O) groups excluding carboxylic acids is 3. The summed E-state index contributed by atoms with van der Waals surface area (Å²) in [7, 11) is 0. The number of ether oxygens (including phenoxy) is 1. The molecule has 0 heterocycles. The zero-order valence-electron chi connectivity index (χ0n) is 16.8. The highest BCUT2D eigenvalue weighted by Gasteiger charge is 2.24. The van der Waals surface area contributed by atoms with Gasteiger partial charge in [-0.2, -0.15) is 0 Å². The van der Waals surface area contributed by atoms with Crippen molar-refractivity contribution in [3.63, 3.8) is 0 Å². The quantitative estimate of drug-likeness (QED) is 0.604. The summed E-state index contributed by atoms with van der Waals surface area (Å²) in [5.41, 5.74) is 1.74. The second-order valence-electron chi connectivity index (χ2n) is 7.33. The molecule has 0 spiro atoms. The average Bonchev–Trinajstić information content (AvgIpc) is 2.72. The maximum Gasteiger partial charge on any atom is 0.408 e. The molecule has 0 saturated heterocycles. The SMILES string of the molecule is CC(C)C[C@@H](C=O)NC(=O)[C@H](Cc1ccccc1)NC(=O)OCc1ccccc1. The van der Waals surface area contributed by atoms with Crippen LogP contribution < -0.4 is 10.6 Å². The normalized spacial score (nSPS) is 12.7. The van der Waals surface area contributed by atoms with Gasteiger partial charge < -0.3 is 20.2 Å². The Morgan fingerprint density at radius 1 is 0.931 bits per heavy atom. The van der Waals surface area contributed by atoms with Gasteiger partial charge in [-0.25, -0.2) is 4.79 Å². The van der Waals surface area contributed by atoms with E-state index in [0.29, 0.717) is 12.8 Å². The van der Waals surface area contributed by atoms with E-state index in [1.54, 1.807) is 0 Å². The van der Waals surface area contributed by atoms with Crippen LogP contribution in [0.2, 0.25) is 0 Å². The molecule has 154 valence electrons. The fourth-order valence-corrected chi connectivity index (χ4v) is 2.91. The monoisotopic (exact) mass is 396 g/mol. The minimum absolute atomic E-state index is 0.108. The molecule has 2 atom stereocenters. The van der Waals surface area contributed by atoms with E-state index >= 15 is 0 Å². The minimum Gasteiger partial charge on any atom is -0.445 e. The van der Waals surface area contributed by atoms with Crippen molar-refractivity contribution in [2.75, 3.05) is 0 Å². The van der Waals surface area contributed by atoms with Gasteiger partial charge in [0.15, 0.2) is 0 Å². The van der Waals surface area contributed by atoms with Crippen LogP contribution in [0, 0.1) is 5.92 Å². The zero-order chi connectivity index (χ0) is 21.1. The Bertz CT molecular complexity index is 778. The molecule has 6 nitrogen and oxygen atoms in total. The number of aldehydes is 1. The Hall–Kier alpha value is -3.15. The maximum absolute atomic E-state index is 12.8. The van der Waals surface area contributed by atoms with E-state index in [1.165, 1.54) is 0 Å².